The fourth-order valence-corrected chi connectivity index (χ4v) is 3.17. The predicted octanol–water partition coefficient (Wildman–Crippen LogP) is 0.875. The quantitative estimate of drug-likeness (QED) is 0.647. The molecule has 1 aliphatic heterocycles. The molecule has 1 aromatic carbocycles. The van der Waals surface area contributed by atoms with Gasteiger partial charge in [-0.1, -0.05) is 12.1 Å². The van der Waals surface area contributed by atoms with Gasteiger partial charge in [-0.25, -0.2) is 4.98 Å². The van der Waals surface area contributed by atoms with Crippen LogP contribution in [0.5, 0.6) is 11.8 Å². The van der Waals surface area contributed by atoms with Crippen molar-refractivity contribution in [1.82, 2.24) is 24.4 Å². The number of amides is 1. The first-order valence-electron chi connectivity index (χ1n) is 8.88. The molecule has 1 unspecified atom stereocenters. The van der Waals surface area contributed by atoms with E-state index in [-0.39, 0.29) is 24.1 Å². The number of hydrogen-bond donors (Lipinski definition) is 0. The summed E-state index contributed by atoms with van der Waals surface area (Å²) in [5, 5.41) is 0.497. The second-order valence-corrected chi connectivity index (χ2v) is 6.46. The molecule has 3 heterocycles. The first-order valence-corrected chi connectivity index (χ1v) is 8.88. The van der Waals surface area contributed by atoms with Crippen LogP contribution in [0.4, 0.5) is 0 Å². The van der Waals surface area contributed by atoms with Crippen LogP contribution in [-0.2, 0) is 11.3 Å². The Morgan fingerprint density at radius 3 is 2.93 bits per heavy atom. The number of carbonyl (C=O) groups excluding carboxylic acids is 1. The molecule has 28 heavy (non-hydrogen) atoms. The van der Waals surface area contributed by atoms with Gasteiger partial charge in [0.25, 0.3) is 5.56 Å². The molecule has 9 heteroatoms. The number of methoxy groups -OCH3 is 1. The van der Waals surface area contributed by atoms with E-state index in [4.69, 9.17) is 9.47 Å². The van der Waals surface area contributed by atoms with E-state index in [0.29, 0.717) is 42.2 Å². The van der Waals surface area contributed by atoms with E-state index in [0.717, 1.165) is 0 Å². The number of para-hydroxylation sites is 1. The molecule has 1 amide bonds. The third-order valence-corrected chi connectivity index (χ3v) is 4.62. The summed E-state index contributed by atoms with van der Waals surface area (Å²) in [6.07, 6.45) is 4.91. The maximum absolute atomic E-state index is 12.6. The van der Waals surface area contributed by atoms with Crippen molar-refractivity contribution < 1.29 is 14.3 Å². The minimum Gasteiger partial charge on any atom is -0.480 e. The summed E-state index contributed by atoms with van der Waals surface area (Å²) >= 11 is 0. The lowest BCUT2D eigenvalue weighted by atomic mass is 10.2. The van der Waals surface area contributed by atoms with E-state index < -0.39 is 0 Å². The maximum atomic E-state index is 12.6. The molecule has 144 valence electrons. The average Bonchev–Trinajstić information content (AvgIpc) is 3.19. The molecule has 0 aliphatic carbocycles. The van der Waals surface area contributed by atoms with Gasteiger partial charge in [-0.15, -0.1) is 0 Å². The van der Waals surface area contributed by atoms with E-state index >= 15 is 0 Å². The monoisotopic (exact) mass is 381 g/mol. The number of nitrogens with zero attached hydrogens (tertiary/aromatic N) is 5. The topological polar surface area (TPSA) is 99.4 Å². The maximum Gasteiger partial charge on any atom is 0.261 e. The average molecular weight is 381 g/mol. The molecule has 3 aromatic rings. The summed E-state index contributed by atoms with van der Waals surface area (Å²) in [5.74, 6) is 0.571. The summed E-state index contributed by atoms with van der Waals surface area (Å²) in [5.41, 5.74) is 0.392. The van der Waals surface area contributed by atoms with Gasteiger partial charge in [0.2, 0.25) is 17.7 Å². The minimum atomic E-state index is -0.224. The second kappa shape index (κ2) is 7.63. The first kappa shape index (κ1) is 17.9. The Kier molecular flexibility index (Phi) is 4.88. The molecule has 1 saturated heterocycles. The van der Waals surface area contributed by atoms with Gasteiger partial charge in [-0.3, -0.25) is 19.1 Å². The van der Waals surface area contributed by atoms with Crippen LogP contribution in [0.2, 0.25) is 0 Å². The van der Waals surface area contributed by atoms with Gasteiger partial charge in [0.1, 0.15) is 12.6 Å². The number of carbonyl (C=O) groups is 1. The molecule has 1 atom stereocenters. The lowest BCUT2D eigenvalue weighted by Crippen LogP contribution is -2.36. The Hall–Kier alpha value is -3.49. The van der Waals surface area contributed by atoms with Crippen molar-refractivity contribution in [3.63, 3.8) is 0 Å². The van der Waals surface area contributed by atoms with Crippen LogP contribution in [0.15, 0.2) is 47.8 Å². The van der Waals surface area contributed by atoms with Gasteiger partial charge in [-0.2, -0.15) is 4.98 Å². The van der Waals surface area contributed by atoms with E-state index in [2.05, 4.69) is 15.0 Å². The lowest BCUT2D eigenvalue weighted by molar-refractivity contribution is -0.131. The first-order chi connectivity index (χ1) is 13.6. The van der Waals surface area contributed by atoms with Gasteiger partial charge in [0.05, 0.1) is 43.3 Å². The van der Waals surface area contributed by atoms with Crippen LogP contribution in [0.1, 0.15) is 6.42 Å². The zero-order valence-electron chi connectivity index (χ0n) is 15.3. The van der Waals surface area contributed by atoms with Gasteiger partial charge in [0, 0.05) is 13.0 Å². The zero-order chi connectivity index (χ0) is 19.5. The summed E-state index contributed by atoms with van der Waals surface area (Å²) in [7, 11) is 1.51. The number of hydrogen-bond acceptors (Lipinski definition) is 7. The number of fused-ring (bicyclic) bond motifs is 1. The standard InChI is InChI=1S/C19H19N5O4/c1-27-16-8-20-9-17(22-16)28-13-6-7-23(10-13)18(25)11-24-12-21-15-5-3-2-4-14(15)19(24)26/h2-5,8-9,12-13H,6-7,10-11H2,1H3. The van der Waals surface area contributed by atoms with Crippen molar-refractivity contribution in [3.8, 4) is 11.8 Å². The highest BCUT2D eigenvalue weighted by molar-refractivity contribution is 5.79. The summed E-state index contributed by atoms with van der Waals surface area (Å²) in [6.45, 7) is 0.923. The number of ether oxygens (including phenoxy) is 2. The van der Waals surface area contributed by atoms with Gasteiger partial charge >= 0.3 is 0 Å². The van der Waals surface area contributed by atoms with Gasteiger partial charge < -0.3 is 14.4 Å². The van der Waals surface area contributed by atoms with Crippen LogP contribution in [0.3, 0.4) is 0 Å². The third kappa shape index (κ3) is 3.64. The fraction of sp³-hybridized carbons (Fsp3) is 0.316. The van der Waals surface area contributed by atoms with Gasteiger partial charge in [0.15, 0.2) is 0 Å². The highest BCUT2D eigenvalue weighted by Gasteiger charge is 2.28. The molecular formula is C19H19N5O4. The van der Waals surface area contributed by atoms with Crippen LogP contribution < -0.4 is 15.0 Å². The molecule has 0 N–H and O–H groups in total. The Labute approximate surface area is 160 Å². The molecule has 2 aromatic heterocycles. The molecule has 0 saturated carbocycles. The van der Waals surface area contributed by atoms with Crippen molar-refractivity contribution in [1.29, 1.82) is 0 Å². The molecular weight excluding hydrogens is 362 g/mol. The molecule has 0 bridgehead atoms. The Morgan fingerprint density at radius 2 is 2.07 bits per heavy atom. The molecule has 0 radical (unpaired) electrons. The van der Waals surface area contributed by atoms with E-state index in [1.807, 2.05) is 6.07 Å². The van der Waals surface area contributed by atoms with Crippen molar-refractivity contribution in [2.24, 2.45) is 0 Å². The Bertz CT molecular complexity index is 1070. The Morgan fingerprint density at radius 1 is 1.25 bits per heavy atom. The summed E-state index contributed by atoms with van der Waals surface area (Å²) < 4.78 is 12.2. The third-order valence-electron chi connectivity index (χ3n) is 4.62. The normalized spacial score (nSPS) is 16.3. The summed E-state index contributed by atoms with van der Waals surface area (Å²) in [6, 6.07) is 7.08. The van der Waals surface area contributed by atoms with Crippen molar-refractivity contribution in [2.45, 2.75) is 19.1 Å². The highest BCUT2D eigenvalue weighted by Crippen LogP contribution is 2.18. The number of rotatable bonds is 5. The molecule has 1 fully saturated rings. The number of likely N-dealkylation sites (tertiary alicyclic amines) is 1. The number of aromatic nitrogens is 4. The van der Waals surface area contributed by atoms with E-state index in [9.17, 15) is 9.59 Å². The van der Waals surface area contributed by atoms with Crippen LogP contribution in [0.25, 0.3) is 10.9 Å². The zero-order valence-corrected chi connectivity index (χ0v) is 15.3. The Balaban J connectivity index is 1.41. The smallest absolute Gasteiger partial charge is 0.261 e. The van der Waals surface area contributed by atoms with Crippen molar-refractivity contribution in [2.75, 3.05) is 20.2 Å². The lowest BCUT2D eigenvalue weighted by Gasteiger charge is -2.17. The predicted molar refractivity (Wildman–Crippen MR) is 100 cm³/mol. The summed E-state index contributed by atoms with van der Waals surface area (Å²) in [4.78, 5) is 39.3. The minimum absolute atomic E-state index is 0.0532. The SMILES string of the molecule is COc1cncc(OC2CCN(C(=O)Cn3cnc4ccccc4c3=O)C2)n1. The number of benzene rings is 1. The highest BCUT2D eigenvalue weighted by atomic mass is 16.5. The van der Waals surface area contributed by atoms with Crippen molar-refractivity contribution >= 4 is 16.8 Å². The largest absolute Gasteiger partial charge is 0.480 e. The van der Waals surface area contributed by atoms with E-state index in [1.54, 1.807) is 23.1 Å². The van der Waals surface area contributed by atoms with Crippen LogP contribution in [-0.4, -0.2) is 56.6 Å². The van der Waals surface area contributed by atoms with Gasteiger partial charge in [-0.05, 0) is 12.1 Å². The van der Waals surface area contributed by atoms with Crippen LogP contribution >= 0.6 is 0 Å². The molecule has 0 spiro atoms. The molecule has 4 rings (SSSR count). The van der Waals surface area contributed by atoms with Crippen molar-refractivity contribution in [3.05, 3.63) is 53.3 Å². The second-order valence-electron chi connectivity index (χ2n) is 6.46. The fourth-order valence-electron chi connectivity index (χ4n) is 3.17. The molecule has 1 aliphatic rings. The van der Waals surface area contributed by atoms with Crippen LogP contribution in [0, 0.1) is 0 Å². The van der Waals surface area contributed by atoms with E-state index in [1.165, 1.54) is 30.4 Å². The molecule has 9 nitrogen and oxygen atoms in total.